The van der Waals surface area contributed by atoms with Gasteiger partial charge in [-0.2, -0.15) is 0 Å². The number of carbonyl (C=O) groups excluding carboxylic acids is 1. The smallest absolute Gasteiger partial charge is 0.151 e. The van der Waals surface area contributed by atoms with Crippen molar-refractivity contribution in [3.63, 3.8) is 0 Å². The minimum absolute atomic E-state index is 0.0258. The number of hydrogen-bond donors (Lipinski definition) is 5. The third-order valence-corrected chi connectivity index (χ3v) is 1.42. The molecule has 0 heterocycles. The molecule has 0 fully saturated rings. The molecule has 72 valence electrons. The maximum absolute atomic E-state index is 9.90. The van der Waals surface area contributed by atoms with Crippen molar-refractivity contribution < 1.29 is 30.3 Å². The van der Waals surface area contributed by atoms with Gasteiger partial charge >= 0.3 is 0 Å². The molecule has 4 atom stereocenters. The average Bonchev–Trinajstić information content (AvgIpc) is 2.12. The molecule has 0 aromatic rings. The van der Waals surface area contributed by atoms with Gasteiger partial charge in [0, 0.05) is 0 Å². The van der Waals surface area contributed by atoms with Crippen LogP contribution in [0.1, 0.15) is 0 Å². The predicted octanol–water partition coefficient (Wildman–Crippen LogP) is -3.38. The fourth-order valence-electron chi connectivity index (χ4n) is 0.618. The Hall–Kier alpha value is -0.530. The first-order valence-electron chi connectivity index (χ1n) is 3.33. The molecule has 0 amide bonds. The van der Waals surface area contributed by atoms with Crippen LogP contribution in [0, 0.1) is 0 Å². The second kappa shape index (κ2) is 5.18. The average molecular weight is 181 g/mol. The van der Waals surface area contributed by atoms with Crippen molar-refractivity contribution in [2.45, 2.75) is 24.4 Å². The lowest BCUT2D eigenvalue weighted by Crippen LogP contribution is -2.46. The van der Waals surface area contributed by atoms with Crippen molar-refractivity contribution in [1.29, 1.82) is 0 Å². The number of aliphatic hydroxyl groups excluding tert-OH is 5. The van der Waals surface area contributed by atoms with Crippen LogP contribution in [0.15, 0.2) is 0 Å². The first kappa shape index (κ1) is 11.5. The molecule has 0 saturated heterocycles. The SMILES string of the molecule is O=C[13CH](O)C(O)C(O)C(O)CO. The monoisotopic (exact) mass is 181 g/mol. The van der Waals surface area contributed by atoms with Gasteiger partial charge in [0.05, 0.1) is 6.61 Å². The normalized spacial score (nSPS) is 21.1. The molecular formula is C6H12O6. The molecule has 6 nitrogen and oxygen atoms in total. The number of rotatable bonds is 5. The topological polar surface area (TPSA) is 118 Å². The highest BCUT2D eigenvalue weighted by molar-refractivity contribution is 5.56. The molecule has 0 aromatic carbocycles. The summed E-state index contributed by atoms with van der Waals surface area (Å²) in [5, 5.41) is 43.5. The first-order valence-corrected chi connectivity index (χ1v) is 3.33. The lowest BCUT2D eigenvalue weighted by molar-refractivity contribution is -0.136. The van der Waals surface area contributed by atoms with E-state index in [2.05, 4.69) is 0 Å². The van der Waals surface area contributed by atoms with E-state index < -0.39 is 31.0 Å². The molecular weight excluding hydrogens is 169 g/mol. The van der Waals surface area contributed by atoms with E-state index in [1.165, 1.54) is 0 Å². The summed E-state index contributed by atoms with van der Waals surface area (Å²) in [5.41, 5.74) is 0. The summed E-state index contributed by atoms with van der Waals surface area (Å²) in [6.07, 6.45) is -6.84. The molecule has 0 bridgehead atoms. The molecule has 0 aliphatic carbocycles. The van der Waals surface area contributed by atoms with Gasteiger partial charge in [0.2, 0.25) is 0 Å². The lowest BCUT2D eigenvalue weighted by Gasteiger charge is -2.22. The first-order chi connectivity index (χ1) is 5.54. The number of carbonyl (C=O) groups is 1. The Bertz CT molecular complexity index is 138. The third kappa shape index (κ3) is 2.84. The van der Waals surface area contributed by atoms with Crippen LogP contribution in [-0.2, 0) is 4.79 Å². The summed E-state index contributed by atoms with van der Waals surface area (Å²) in [5.74, 6) is 0. The molecule has 0 radical (unpaired) electrons. The Balaban J connectivity index is 4.07. The van der Waals surface area contributed by atoms with E-state index in [0.717, 1.165) is 0 Å². The highest BCUT2D eigenvalue weighted by Crippen LogP contribution is 2.02. The second-order valence-electron chi connectivity index (χ2n) is 2.36. The van der Waals surface area contributed by atoms with Crippen LogP contribution in [0.25, 0.3) is 0 Å². The number of aliphatic hydroxyl groups is 5. The lowest BCUT2D eigenvalue weighted by atomic mass is 10.1. The predicted molar refractivity (Wildman–Crippen MR) is 37.2 cm³/mol. The van der Waals surface area contributed by atoms with Crippen LogP contribution in [0.3, 0.4) is 0 Å². The summed E-state index contributed by atoms with van der Waals surface area (Å²) in [4.78, 5) is 9.90. The summed E-state index contributed by atoms with van der Waals surface area (Å²) < 4.78 is 0. The molecule has 0 aromatic heterocycles. The van der Waals surface area contributed by atoms with E-state index in [1.54, 1.807) is 0 Å². The third-order valence-electron chi connectivity index (χ3n) is 1.42. The van der Waals surface area contributed by atoms with Gasteiger partial charge in [0.15, 0.2) is 6.29 Å². The van der Waals surface area contributed by atoms with Gasteiger partial charge in [0.1, 0.15) is 24.4 Å². The van der Waals surface area contributed by atoms with E-state index in [-0.39, 0.29) is 6.29 Å². The maximum Gasteiger partial charge on any atom is 0.151 e. The Morgan fingerprint density at radius 2 is 1.58 bits per heavy atom. The quantitative estimate of drug-likeness (QED) is 0.223. The van der Waals surface area contributed by atoms with Crippen molar-refractivity contribution in [2.24, 2.45) is 0 Å². The van der Waals surface area contributed by atoms with Gasteiger partial charge in [-0.05, 0) is 0 Å². The van der Waals surface area contributed by atoms with Crippen LogP contribution in [-0.4, -0.2) is 62.8 Å². The fraction of sp³-hybridized carbons (Fsp3) is 0.833. The van der Waals surface area contributed by atoms with Crippen molar-refractivity contribution in [3.8, 4) is 0 Å². The summed E-state index contributed by atoms with van der Waals surface area (Å²) in [7, 11) is 0. The molecule has 0 aliphatic rings. The van der Waals surface area contributed by atoms with Gasteiger partial charge in [0.25, 0.3) is 0 Å². The van der Waals surface area contributed by atoms with Crippen molar-refractivity contribution in [2.75, 3.05) is 6.61 Å². The molecule has 0 spiro atoms. The molecule has 0 rings (SSSR count). The van der Waals surface area contributed by atoms with E-state index in [0.29, 0.717) is 0 Å². The minimum atomic E-state index is -1.79. The van der Waals surface area contributed by atoms with Crippen LogP contribution in [0.2, 0.25) is 0 Å². The fourth-order valence-corrected chi connectivity index (χ4v) is 0.618. The highest BCUT2D eigenvalue weighted by Gasteiger charge is 2.29. The number of hydrogen-bond acceptors (Lipinski definition) is 6. The van der Waals surface area contributed by atoms with Gasteiger partial charge in [-0.25, -0.2) is 0 Å². The van der Waals surface area contributed by atoms with Gasteiger partial charge in [-0.1, -0.05) is 0 Å². The zero-order valence-corrected chi connectivity index (χ0v) is 6.24. The standard InChI is InChI=1S/C6H12O6/c7-1-3(9)5(11)6(12)4(10)2-8/h1,3-6,8-12H,2H2/i3+1. The number of aldehydes is 1. The maximum atomic E-state index is 9.90. The van der Waals surface area contributed by atoms with Crippen LogP contribution < -0.4 is 0 Å². The molecule has 0 saturated carbocycles. The van der Waals surface area contributed by atoms with E-state index in [4.69, 9.17) is 25.5 Å². The molecule has 6 heteroatoms. The minimum Gasteiger partial charge on any atom is -0.394 e. The van der Waals surface area contributed by atoms with Crippen LogP contribution in [0.4, 0.5) is 0 Å². The molecule has 12 heavy (non-hydrogen) atoms. The van der Waals surface area contributed by atoms with Crippen LogP contribution >= 0.6 is 0 Å². The molecule has 4 unspecified atom stereocenters. The Labute approximate surface area is 68.7 Å². The highest BCUT2D eigenvalue weighted by atomic mass is 16.4. The van der Waals surface area contributed by atoms with E-state index in [1.807, 2.05) is 0 Å². The zero-order valence-electron chi connectivity index (χ0n) is 6.24. The Morgan fingerprint density at radius 1 is 1.08 bits per heavy atom. The zero-order chi connectivity index (χ0) is 9.72. The van der Waals surface area contributed by atoms with Crippen molar-refractivity contribution in [3.05, 3.63) is 0 Å². The van der Waals surface area contributed by atoms with Crippen molar-refractivity contribution in [1.82, 2.24) is 0 Å². The van der Waals surface area contributed by atoms with Crippen molar-refractivity contribution >= 4 is 6.29 Å². The summed E-state index contributed by atoms with van der Waals surface area (Å²) in [6.45, 7) is -0.760. The van der Waals surface area contributed by atoms with E-state index >= 15 is 0 Å². The molecule has 5 N–H and O–H groups in total. The van der Waals surface area contributed by atoms with Crippen LogP contribution in [0.5, 0.6) is 0 Å². The van der Waals surface area contributed by atoms with Gasteiger partial charge < -0.3 is 30.3 Å². The summed E-state index contributed by atoms with van der Waals surface area (Å²) >= 11 is 0. The Morgan fingerprint density at radius 3 is 1.92 bits per heavy atom. The largest absolute Gasteiger partial charge is 0.394 e. The van der Waals surface area contributed by atoms with E-state index in [9.17, 15) is 4.79 Å². The Kier molecular flexibility index (Phi) is 4.95. The second-order valence-corrected chi connectivity index (χ2v) is 2.36. The summed E-state index contributed by atoms with van der Waals surface area (Å²) in [6, 6.07) is 0. The molecule has 0 aliphatic heterocycles. The van der Waals surface area contributed by atoms with Gasteiger partial charge in [-0.3, -0.25) is 0 Å². The van der Waals surface area contributed by atoms with Gasteiger partial charge in [-0.15, -0.1) is 0 Å².